The lowest BCUT2D eigenvalue weighted by atomic mass is 10.0. The number of H-pyrrole nitrogens is 1. The molecule has 2 heterocycles. The number of hydrogen-bond acceptors (Lipinski definition) is 4. The molecule has 1 aliphatic heterocycles. The number of nitrogens with zero attached hydrogens (tertiary/aromatic N) is 2. The normalized spacial score (nSPS) is 17.6. The number of aromatic nitrogens is 2. The lowest BCUT2D eigenvalue weighted by molar-refractivity contribution is 0.185. The molecule has 25 heavy (non-hydrogen) atoms. The Labute approximate surface area is 148 Å². The van der Waals surface area contributed by atoms with Crippen molar-refractivity contribution < 1.29 is 9.13 Å². The molecule has 1 aromatic carbocycles. The Bertz CT molecular complexity index is 694. The summed E-state index contributed by atoms with van der Waals surface area (Å²) in [7, 11) is 1.49. The maximum atomic E-state index is 13.8. The molecule has 0 saturated carbocycles. The van der Waals surface area contributed by atoms with Crippen LogP contribution in [-0.2, 0) is 6.54 Å². The summed E-state index contributed by atoms with van der Waals surface area (Å²) in [6, 6.07) is 6.02. The van der Waals surface area contributed by atoms with Crippen LogP contribution in [0.2, 0.25) is 0 Å². The van der Waals surface area contributed by atoms with Crippen molar-refractivity contribution in [3.05, 3.63) is 47.0 Å². The summed E-state index contributed by atoms with van der Waals surface area (Å²) in [5.74, 6) is 0.0102. The summed E-state index contributed by atoms with van der Waals surface area (Å²) >= 11 is 0. The van der Waals surface area contributed by atoms with Gasteiger partial charge in [-0.1, -0.05) is 6.07 Å². The summed E-state index contributed by atoms with van der Waals surface area (Å²) in [4.78, 5) is 2.38. The minimum atomic E-state index is -0.291. The molecular formula is C19H27FN4O. The van der Waals surface area contributed by atoms with Gasteiger partial charge in [-0.05, 0) is 57.5 Å². The number of piperidine rings is 1. The van der Waals surface area contributed by atoms with Crippen LogP contribution >= 0.6 is 0 Å². The molecule has 1 atom stereocenters. The topological polar surface area (TPSA) is 53.2 Å². The number of aromatic amines is 1. The molecule has 136 valence electrons. The van der Waals surface area contributed by atoms with Crippen molar-refractivity contribution >= 4 is 0 Å². The van der Waals surface area contributed by atoms with E-state index in [1.807, 2.05) is 12.3 Å². The average Bonchev–Trinajstić information content (AvgIpc) is 3.03. The van der Waals surface area contributed by atoms with Crippen LogP contribution in [0.3, 0.4) is 0 Å². The third-order valence-electron chi connectivity index (χ3n) is 5.03. The van der Waals surface area contributed by atoms with Gasteiger partial charge in [0.25, 0.3) is 0 Å². The molecule has 2 aromatic rings. The number of likely N-dealkylation sites (tertiary alicyclic amines) is 1. The van der Waals surface area contributed by atoms with Crippen LogP contribution in [0.1, 0.15) is 42.6 Å². The molecule has 2 N–H and O–H groups in total. The second kappa shape index (κ2) is 7.97. The lowest BCUT2D eigenvalue weighted by Crippen LogP contribution is -2.43. The molecule has 0 unspecified atom stereocenters. The van der Waals surface area contributed by atoms with Crippen LogP contribution in [0.5, 0.6) is 5.75 Å². The van der Waals surface area contributed by atoms with Crippen molar-refractivity contribution in [2.45, 2.75) is 45.3 Å². The molecule has 1 saturated heterocycles. The molecule has 6 heteroatoms. The number of halogens is 1. The maximum Gasteiger partial charge on any atom is 0.165 e. The first kappa shape index (κ1) is 17.9. The second-order valence-electron chi connectivity index (χ2n) is 6.86. The van der Waals surface area contributed by atoms with E-state index in [0.717, 1.165) is 43.7 Å². The predicted octanol–water partition coefficient (Wildman–Crippen LogP) is 3.18. The Hall–Kier alpha value is -1.92. The third-order valence-corrected chi connectivity index (χ3v) is 5.03. The minimum Gasteiger partial charge on any atom is -0.494 e. The molecule has 3 rings (SSSR count). The van der Waals surface area contributed by atoms with E-state index < -0.39 is 0 Å². The van der Waals surface area contributed by atoms with Crippen LogP contribution in [0.4, 0.5) is 4.39 Å². The van der Waals surface area contributed by atoms with Gasteiger partial charge in [0.1, 0.15) is 0 Å². The zero-order valence-electron chi connectivity index (χ0n) is 15.2. The highest BCUT2D eigenvalue weighted by Crippen LogP contribution is 2.22. The minimum absolute atomic E-state index is 0.291. The molecule has 1 fully saturated rings. The van der Waals surface area contributed by atoms with Crippen molar-refractivity contribution in [3.8, 4) is 5.75 Å². The fraction of sp³-hybridized carbons (Fsp3) is 0.526. The Morgan fingerprint density at radius 3 is 2.76 bits per heavy atom. The molecule has 0 amide bonds. The van der Waals surface area contributed by atoms with E-state index in [1.54, 1.807) is 12.1 Å². The summed E-state index contributed by atoms with van der Waals surface area (Å²) < 4.78 is 18.8. The molecule has 0 radical (unpaired) electrons. The van der Waals surface area contributed by atoms with Crippen LogP contribution in [0.25, 0.3) is 0 Å². The molecule has 1 aliphatic rings. The Morgan fingerprint density at radius 2 is 2.16 bits per heavy atom. The standard InChI is InChI=1S/C19H27FN4O/c1-13(17-11-21-23-14(17)2)22-16-6-8-24(9-7-16)12-15-4-5-19(25-3)18(20)10-15/h4-5,10-11,13,16,22H,6-9,12H2,1-3H3,(H,21,23)/t13-/m0/s1. The largest absolute Gasteiger partial charge is 0.494 e. The Balaban J connectivity index is 1.49. The first-order valence-corrected chi connectivity index (χ1v) is 8.87. The monoisotopic (exact) mass is 346 g/mol. The van der Waals surface area contributed by atoms with Gasteiger partial charge in [-0.3, -0.25) is 10.00 Å². The zero-order valence-corrected chi connectivity index (χ0v) is 15.2. The molecule has 0 spiro atoms. The van der Waals surface area contributed by atoms with E-state index in [1.165, 1.54) is 12.7 Å². The van der Waals surface area contributed by atoms with Gasteiger partial charge in [-0.2, -0.15) is 5.10 Å². The van der Waals surface area contributed by atoms with E-state index >= 15 is 0 Å². The second-order valence-corrected chi connectivity index (χ2v) is 6.86. The summed E-state index contributed by atoms with van der Waals surface area (Å²) in [6.45, 7) is 7.05. The zero-order chi connectivity index (χ0) is 17.8. The van der Waals surface area contributed by atoms with Crippen LogP contribution in [-0.4, -0.2) is 41.3 Å². The molecule has 1 aromatic heterocycles. The summed E-state index contributed by atoms with van der Waals surface area (Å²) in [5, 5.41) is 10.8. The molecule has 0 bridgehead atoms. The number of ether oxygens (including phenoxy) is 1. The molecule has 0 aliphatic carbocycles. The van der Waals surface area contributed by atoms with Crippen molar-refractivity contribution in [2.24, 2.45) is 0 Å². The van der Waals surface area contributed by atoms with Crippen LogP contribution in [0, 0.1) is 12.7 Å². The SMILES string of the molecule is COc1ccc(CN2CCC(N[C@@H](C)c3cn[nH]c3C)CC2)cc1F. The highest BCUT2D eigenvalue weighted by molar-refractivity contribution is 5.29. The quantitative estimate of drug-likeness (QED) is 0.843. The van der Waals surface area contributed by atoms with Gasteiger partial charge in [-0.15, -0.1) is 0 Å². The first-order valence-electron chi connectivity index (χ1n) is 8.87. The summed E-state index contributed by atoms with van der Waals surface area (Å²) in [5.41, 5.74) is 3.35. The number of hydrogen-bond donors (Lipinski definition) is 2. The van der Waals surface area contributed by atoms with Gasteiger partial charge >= 0.3 is 0 Å². The average molecular weight is 346 g/mol. The number of nitrogens with one attached hydrogen (secondary N) is 2. The number of methoxy groups -OCH3 is 1. The molecule has 5 nitrogen and oxygen atoms in total. The van der Waals surface area contributed by atoms with Gasteiger partial charge in [-0.25, -0.2) is 4.39 Å². The summed E-state index contributed by atoms with van der Waals surface area (Å²) in [6.07, 6.45) is 4.10. The highest BCUT2D eigenvalue weighted by atomic mass is 19.1. The van der Waals surface area contributed by atoms with Crippen LogP contribution < -0.4 is 10.1 Å². The third kappa shape index (κ3) is 4.38. The Morgan fingerprint density at radius 1 is 1.40 bits per heavy atom. The number of aryl methyl sites for hydroxylation is 1. The smallest absolute Gasteiger partial charge is 0.165 e. The fourth-order valence-corrected chi connectivity index (χ4v) is 3.56. The number of benzene rings is 1. The highest BCUT2D eigenvalue weighted by Gasteiger charge is 2.22. The van der Waals surface area contributed by atoms with E-state index in [9.17, 15) is 4.39 Å². The molecular weight excluding hydrogens is 319 g/mol. The van der Waals surface area contributed by atoms with Crippen molar-refractivity contribution in [1.82, 2.24) is 20.4 Å². The van der Waals surface area contributed by atoms with Gasteiger partial charge in [0.15, 0.2) is 11.6 Å². The van der Waals surface area contributed by atoms with Crippen molar-refractivity contribution in [2.75, 3.05) is 20.2 Å². The lowest BCUT2D eigenvalue weighted by Gasteiger charge is -2.34. The fourth-order valence-electron chi connectivity index (χ4n) is 3.56. The van der Waals surface area contributed by atoms with Gasteiger partial charge in [0.2, 0.25) is 0 Å². The van der Waals surface area contributed by atoms with E-state index in [-0.39, 0.29) is 5.82 Å². The van der Waals surface area contributed by atoms with Gasteiger partial charge in [0, 0.05) is 29.9 Å². The predicted molar refractivity (Wildman–Crippen MR) is 96.1 cm³/mol. The maximum absolute atomic E-state index is 13.8. The van der Waals surface area contributed by atoms with Gasteiger partial charge < -0.3 is 10.1 Å². The van der Waals surface area contributed by atoms with E-state index in [2.05, 4.69) is 34.3 Å². The van der Waals surface area contributed by atoms with Gasteiger partial charge in [0.05, 0.1) is 13.3 Å². The number of rotatable bonds is 6. The first-order chi connectivity index (χ1) is 12.1. The van der Waals surface area contributed by atoms with Crippen LogP contribution in [0.15, 0.2) is 24.4 Å². The van der Waals surface area contributed by atoms with Crippen molar-refractivity contribution in [1.29, 1.82) is 0 Å². The van der Waals surface area contributed by atoms with Crippen molar-refractivity contribution in [3.63, 3.8) is 0 Å². The van der Waals surface area contributed by atoms with E-state index in [4.69, 9.17) is 4.74 Å². The van der Waals surface area contributed by atoms with E-state index in [0.29, 0.717) is 17.8 Å². The Kier molecular flexibility index (Phi) is 5.71.